The molecule has 1 aromatic carbocycles. The van der Waals surface area contributed by atoms with Crippen molar-refractivity contribution in [1.82, 2.24) is 9.88 Å². The van der Waals surface area contributed by atoms with Crippen LogP contribution in [0.15, 0.2) is 29.2 Å². The number of methoxy groups -OCH3 is 1. The molecule has 1 aliphatic heterocycles. The van der Waals surface area contributed by atoms with E-state index in [1.54, 1.807) is 0 Å². The third kappa shape index (κ3) is 5.28. The monoisotopic (exact) mass is 464 g/mol. The van der Waals surface area contributed by atoms with E-state index in [-0.39, 0.29) is 47.8 Å². The van der Waals surface area contributed by atoms with Crippen LogP contribution in [0.3, 0.4) is 0 Å². The number of ether oxygens (including phenoxy) is 1. The fourth-order valence-corrected chi connectivity index (χ4v) is 4.35. The third-order valence-electron chi connectivity index (χ3n) is 5.99. The van der Waals surface area contributed by atoms with Gasteiger partial charge in [-0.1, -0.05) is 18.9 Å². The molecule has 1 saturated carbocycles. The standard InChI is InChI=1S/C21H20F2N2O4.C2H6O2/c22-13-6-5-11(16(23)7-13)8-24-21(29)15-10-25-9-12-3-1-2-4-14(12)18(26)17(25)20(28)19(15)27;1-4-2-3/h5-7,10,12,14,28H,1-4,8-9H2,(H,24,29);3H,2H2,1H3. The predicted molar refractivity (Wildman–Crippen MR) is 114 cm³/mol. The Hall–Kier alpha value is -3.11. The van der Waals surface area contributed by atoms with Crippen LogP contribution in [0, 0.1) is 23.5 Å². The second-order valence-electron chi connectivity index (χ2n) is 8.07. The molecule has 2 aliphatic rings. The summed E-state index contributed by atoms with van der Waals surface area (Å²) in [5, 5.41) is 20.4. The third-order valence-corrected chi connectivity index (χ3v) is 5.99. The van der Waals surface area contributed by atoms with Crippen LogP contribution >= 0.6 is 0 Å². The number of ketones is 1. The SMILES string of the molecule is COCO.O=C(NCc1ccc(F)cc1F)c1cn2c(c(O)c1=O)C(=O)C1CCCCC1C2. The molecule has 1 fully saturated rings. The maximum absolute atomic E-state index is 13.7. The summed E-state index contributed by atoms with van der Waals surface area (Å²) in [6, 6.07) is 2.97. The smallest absolute Gasteiger partial charge is 0.257 e. The average molecular weight is 464 g/mol. The molecule has 2 aromatic rings. The Labute approximate surface area is 188 Å². The highest BCUT2D eigenvalue weighted by atomic mass is 19.1. The van der Waals surface area contributed by atoms with Crippen molar-refractivity contribution in [3.05, 3.63) is 63.1 Å². The van der Waals surface area contributed by atoms with E-state index in [2.05, 4.69) is 10.1 Å². The molecule has 2 heterocycles. The Morgan fingerprint density at radius 1 is 1.24 bits per heavy atom. The summed E-state index contributed by atoms with van der Waals surface area (Å²) in [6.45, 7) is 0.0168. The number of Topliss-reactive ketones (excluding diaryl/α,β-unsaturated/α-hetero) is 1. The van der Waals surface area contributed by atoms with Crippen molar-refractivity contribution in [3.63, 3.8) is 0 Å². The van der Waals surface area contributed by atoms with Gasteiger partial charge in [-0.2, -0.15) is 0 Å². The molecule has 1 aromatic heterocycles. The lowest BCUT2D eigenvalue weighted by molar-refractivity contribution is 0.0325. The van der Waals surface area contributed by atoms with Crippen LogP contribution in [0.1, 0.15) is 52.1 Å². The number of hydrogen-bond donors (Lipinski definition) is 3. The highest BCUT2D eigenvalue weighted by Gasteiger charge is 2.39. The Balaban J connectivity index is 0.000000709. The van der Waals surface area contributed by atoms with Crippen LogP contribution in [0.4, 0.5) is 8.78 Å². The van der Waals surface area contributed by atoms with Gasteiger partial charge in [0.2, 0.25) is 5.43 Å². The predicted octanol–water partition coefficient (Wildman–Crippen LogP) is 2.35. The minimum Gasteiger partial charge on any atom is -0.503 e. The largest absolute Gasteiger partial charge is 0.503 e. The number of benzene rings is 1. The van der Waals surface area contributed by atoms with Gasteiger partial charge in [-0.3, -0.25) is 14.4 Å². The Morgan fingerprint density at radius 2 is 1.94 bits per heavy atom. The van der Waals surface area contributed by atoms with Gasteiger partial charge in [0.25, 0.3) is 5.91 Å². The van der Waals surface area contributed by atoms with E-state index in [1.165, 1.54) is 23.9 Å². The van der Waals surface area contributed by atoms with E-state index >= 15 is 0 Å². The second-order valence-corrected chi connectivity index (χ2v) is 8.07. The van der Waals surface area contributed by atoms with Crippen LogP contribution in [-0.4, -0.2) is 40.4 Å². The fourth-order valence-electron chi connectivity index (χ4n) is 4.35. The summed E-state index contributed by atoms with van der Waals surface area (Å²) >= 11 is 0. The molecule has 178 valence electrons. The van der Waals surface area contributed by atoms with Crippen molar-refractivity contribution in [1.29, 1.82) is 0 Å². The lowest BCUT2D eigenvalue weighted by atomic mass is 9.74. The van der Waals surface area contributed by atoms with E-state index in [0.717, 1.165) is 31.7 Å². The molecule has 3 N–H and O–H groups in total. The summed E-state index contributed by atoms with van der Waals surface area (Å²) < 4.78 is 32.3. The Kier molecular flexibility index (Phi) is 7.93. The van der Waals surface area contributed by atoms with Crippen LogP contribution in [0.5, 0.6) is 5.75 Å². The van der Waals surface area contributed by atoms with Crippen molar-refractivity contribution in [2.45, 2.75) is 38.8 Å². The number of rotatable bonds is 4. The van der Waals surface area contributed by atoms with Gasteiger partial charge in [-0.15, -0.1) is 0 Å². The van der Waals surface area contributed by atoms with Crippen LogP contribution < -0.4 is 10.7 Å². The number of aromatic hydroxyl groups is 1. The highest BCUT2D eigenvalue weighted by molar-refractivity contribution is 6.01. The first-order valence-corrected chi connectivity index (χ1v) is 10.6. The molecule has 0 bridgehead atoms. The number of nitrogens with one attached hydrogen (secondary N) is 1. The summed E-state index contributed by atoms with van der Waals surface area (Å²) in [4.78, 5) is 37.8. The molecule has 10 heteroatoms. The van der Waals surface area contributed by atoms with Gasteiger partial charge in [0, 0.05) is 43.9 Å². The van der Waals surface area contributed by atoms with Gasteiger partial charge in [0.05, 0.1) is 0 Å². The summed E-state index contributed by atoms with van der Waals surface area (Å²) in [7, 11) is 1.43. The number of aliphatic hydroxyl groups is 1. The van der Waals surface area contributed by atoms with Crippen molar-refractivity contribution >= 4 is 11.7 Å². The topological polar surface area (TPSA) is 118 Å². The minimum absolute atomic E-state index is 0.0423. The van der Waals surface area contributed by atoms with Crippen molar-refractivity contribution in [2.24, 2.45) is 11.8 Å². The molecular formula is C23H26F2N2O6. The first-order valence-electron chi connectivity index (χ1n) is 10.6. The molecule has 33 heavy (non-hydrogen) atoms. The van der Waals surface area contributed by atoms with E-state index in [9.17, 15) is 28.3 Å². The molecule has 2 atom stereocenters. The summed E-state index contributed by atoms with van der Waals surface area (Å²) in [5.41, 5.74) is -1.24. The molecule has 2 unspecified atom stereocenters. The molecule has 1 amide bonds. The number of amides is 1. The maximum atomic E-state index is 13.7. The summed E-state index contributed by atoms with van der Waals surface area (Å²) in [6.07, 6.45) is 4.87. The zero-order valence-electron chi connectivity index (χ0n) is 18.1. The number of hydrogen-bond acceptors (Lipinski definition) is 6. The zero-order valence-corrected chi connectivity index (χ0v) is 18.1. The van der Waals surface area contributed by atoms with Gasteiger partial charge < -0.3 is 24.8 Å². The van der Waals surface area contributed by atoms with Crippen molar-refractivity contribution < 1.29 is 33.3 Å². The number of carbonyl (C=O) groups is 2. The first kappa shape index (κ1) is 24.5. The lowest BCUT2D eigenvalue weighted by Gasteiger charge is -2.36. The quantitative estimate of drug-likeness (QED) is 0.598. The Bertz CT molecular complexity index is 1100. The maximum Gasteiger partial charge on any atom is 0.257 e. The van der Waals surface area contributed by atoms with E-state index < -0.39 is 28.7 Å². The number of halogens is 2. The molecule has 1 aliphatic carbocycles. The van der Waals surface area contributed by atoms with Gasteiger partial charge in [0.15, 0.2) is 11.5 Å². The zero-order chi connectivity index (χ0) is 24.1. The van der Waals surface area contributed by atoms with Crippen LogP contribution in [0.2, 0.25) is 0 Å². The number of carbonyl (C=O) groups excluding carboxylic acids is 2. The number of nitrogens with zero attached hydrogens (tertiary/aromatic N) is 1. The van der Waals surface area contributed by atoms with Crippen molar-refractivity contribution in [3.8, 4) is 5.75 Å². The minimum atomic E-state index is -0.934. The second kappa shape index (κ2) is 10.7. The molecular weight excluding hydrogens is 438 g/mol. The normalized spacial score (nSPS) is 19.1. The van der Waals surface area contributed by atoms with E-state index in [1.807, 2.05) is 0 Å². The first-order chi connectivity index (χ1) is 15.8. The van der Waals surface area contributed by atoms with E-state index in [0.29, 0.717) is 12.6 Å². The molecule has 0 saturated heterocycles. The molecule has 0 radical (unpaired) electrons. The highest BCUT2D eigenvalue weighted by Crippen LogP contribution is 2.38. The lowest BCUT2D eigenvalue weighted by Crippen LogP contribution is -2.40. The van der Waals surface area contributed by atoms with Gasteiger partial charge in [-0.05, 0) is 24.8 Å². The average Bonchev–Trinajstić information content (AvgIpc) is 2.80. The summed E-state index contributed by atoms with van der Waals surface area (Å²) in [5.74, 6) is -3.41. The number of aliphatic hydroxyl groups excluding tert-OH is 1. The number of fused-ring (bicyclic) bond motifs is 2. The van der Waals surface area contributed by atoms with Crippen LogP contribution in [0.25, 0.3) is 0 Å². The molecule has 4 rings (SSSR count). The molecule has 8 nitrogen and oxygen atoms in total. The fraction of sp³-hybridized carbons (Fsp3) is 0.435. The van der Waals surface area contributed by atoms with E-state index in [4.69, 9.17) is 5.11 Å². The molecule has 0 spiro atoms. The van der Waals surface area contributed by atoms with Gasteiger partial charge in [-0.25, -0.2) is 8.78 Å². The van der Waals surface area contributed by atoms with Gasteiger partial charge >= 0.3 is 0 Å². The Morgan fingerprint density at radius 3 is 2.61 bits per heavy atom. The van der Waals surface area contributed by atoms with Gasteiger partial charge in [0.1, 0.15) is 29.7 Å². The van der Waals surface area contributed by atoms with Crippen LogP contribution in [-0.2, 0) is 17.8 Å². The van der Waals surface area contributed by atoms with Crippen molar-refractivity contribution in [2.75, 3.05) is 13.9 Å². The number of aromatic nitrogens is 1. The number of pyridine rings is 1.